The predicted octanol–water partition coefficient (Wildman–Crippen LogP) is 2.14. The van der Waals surface area contributed by atoms with E-state index in [-0.39, 0.29) is 58.3 Å². The first-order chi connectivity index (χ1) is 42.4. The summed E-state index contributed by atoms with van der Waals surface area (Å²) in [6.07, 6.45) is -1.68. The SMILES string of the molecule is CCC[C@@H]1OC(=O)C(C)(C)CNC(=O)[C@@H](Cc2ccc(OC)c(Cl)c2)NC(=O)/C=C/C[C@@H]([C@H](C)[C@H]2O[C@@H]2c2ccc(CNC(=O)[C@H](C)NC(=O)[C@@H](NC(=O)CCN(CCC(=O)ON3C(=O)CCC3=O)C(=O)CCC(=O)NCCS(=O)(=O)O)C(C)C)cc2)OC1=O. The van der Waals surface area contributed by atoms with Gasteiger partial charge in [0.2, 0.25) is 41.4 Å². The molecule has 0 saturated carbocycles. The van der Waals surface area contributed by atoms with Gasteiger partial charge in [-0.15, -0.1) is 5.06 Å². The standard InChI is InChI=1S/C60H81ClN8O20S/c1-9-11-44-58(80)86-42(12-10-13-46(71)66-41(31-38-16-19-43(85-8)40(61)30-38)56(78)64-33-60(6,7)59(81)87-44)35(4)53-54(88-53)39-17-14-37(15-18-39)32-63-55(77)36(5)65-57(79)52(34(2)3)67-47(72)24-27-68(28-25-51(76)89-69-49(74)22-23-50(69)75)48(73)21-20-45(70)62-26-29-90(82,83)84/h10,13-19,30,34-36,41-42,44,52-54H,9,11-12,20-29,31-33H2,1-8H3,(H,62,70)(H,63,77)(H,64,78)(H,65,79)(H,66,71)(H,67,72)(H,82,83,84)/b13-10+/t35-,36-,41+,42-,44-,52-,53+,54+/m0/s1. The van der Waals surface area contributed by atoms with Crippen molar-refractivity contribution in [2.45, 2.75) is 162 Å². The van der Waals surface area contributed by atoms with Crippen molar-refractivity contribution in [1.82, 2.24) is 41.9 Å². The maximum absolute atomic E-state index is 13.8. The maximum atomic E-state index is 13.8. The number of methoxy groups -OCH3 is 1. The number of esters is 2. The Balaban J connectivity index is 1.16. The topological polar surface area (TPSA) is 387 Å². The number of epoxide rings is 1. The number of benzene rings is 2. The zero-order valence-electron chi connectivity index (χ0n) is 51.6. The first-order valence-electron chi connectivity index (χ1n) is 29.6. The molecule has 2 aromatic carbocycles. The van der Waals surface area contributed by atoms with Crippen molar-refractivity contribution in [1.29, 1.82) is 0 Å². The lowest BCUT2D eigenvalue weighted by Crippen LogP contribution is -2.54. The second-order valence-electron chi connectivity index (χ2n) is 23.1. The number of halogens is 1. The molecule has 0 spiro atoms. The second kappa shape index (κ2) is 33.7. The molecule has 0 radical (unpaired) electrons. The number of hydroxylamine groups is 2. The highest BCUT2D eigenvalue weighted by Crippen LogP contribution is 2.45. The lowest BCUT2D eigenvalue weighted by Gasteiger charge is -2.29. The third-order valence-corrected chi connectivity index (χ3v) is 15.9. The van der Waals surface area contributed by atoms with E-state index in [0.717, 1.165) is 10.5 Å². The quantitative estimate of drug-likeness (QED) is 0.0278. The fourth-order valence-corrected chi connectivity index (χ4v) is 10.1. The van der Waals surface area contributed by atoms with E-state index >= 15 is 0 Å². The molecule has 2 fully saturated rings. The van der Waals surface area contributed by atoms with Crippen molar-refractivity contribution in [3.63, 3.8) is 0 Å². The monoisotopic (exact) mass is 1300 g/mol. The van der Waals surface area contributed by atoms with Gasteiger partial charge in [-0.2, -0.15) is 8.42 Å². The van der Waals surface area contributed by atoms with Crippen LogP contribution >= 0.6 is 11.6 Å². The maximum Gasteiger partial charge on any atom is 0.347 e. The number of carbonyl (C=O) groups is 12. The molecule has 0 bridgehead atoms. The number of ether oxygens (including phenoxy) is 4. The Morgan fingerprint density at radius 1 is 0.856 bits per heavy atom. The molecular formula is C60H81ClN8O20S. The molecule has 5 rings (SSSR count). The van der Waals surface area contributed by atoms with E-state index in [1.807, 2.05) is 26.0 Å². The van der Waals surface area contributed by atoms with Gasteiger partial charge in [-0.25, -0.2) is 9.59 Å². The summed E-state index contributed by atoms with van der Waals surface area (Å²) in [5.41, 5.74) is 0.783. The summed E-state index contributed by atoms with van der Waals surface area (Å²) in [4.78, 5) is 163. The molecule has 30 heteroatoms. The van der Waals surface area contributed by atoms with E-state index in [0.29, 0.717) is 33.4 Å². The highest BCUT2D eigenvalue weighted by Gasteiger charge is 2.48. The molecule has 2 aromatic rings. The van der Waals surface area contributed by atoms with Crippen molar-refractivity contribution in [3.05, 3.63) is 76.3 Å². The molecule has 494 valence electrons. The van der Waals surface area contributed by atoms with E-state index in [2.05, 4.69) is 31.9 Å². The van der Waals surface area contributed by atoms with Crippen LogP contribution in [0.25, 0.3) is 0 Å². The zero-order valence-corrected chi connectivity index (χ0v) is 53.2. The number of hydrogen-bond acceptors (Lipinski definition) is 19. The van der Waals surface area contributed by atoms with Crippen molar-refractivity contribution in [2.24, 2.45) is 17.3 Å². The predicted molar refractivity (Wildman–Crippen MR) is 320 cm³/mol. The minimum atomic E-state index is -4.37. The van der Waals surface area contributed by atoms with Gasteiger partial charge in [0.25, 0.3) is 21.9 Å². The molecule has 3 aliphatic rings. The molecule has 0 aromatic heterocycles. The Kier molecular flexibility index (Phi) is 27.2. The van der Waals surface area contributed by atoms with Crippen LogP contribution in [-0.2, 0) is 99.7 Å². The van der Waals surface area contributed by atoms with Crippen LogP contribution < -0.4 is 36.6 Å². The number of nitrogens with one attached hydrogen (secondary N) is 6. The average Bonchev–Trinajstić information content (AvgIpc) is 1.66. The Morgan fingerprint density at radius 3 is 2.16 bits per heavy atom. The van der Waals surface area contributed by atoms with Crippen molar-refractivity contribution >= 4 is 92.8 Å². The average molecular weight is 1300 g/mol. The van der Waals surface area contributed by atoms with Gasteiger partial charge < -0.3 is 60.6 Å². The largest absolute Gasteiger partial charge is 0.495 e. The number of rotatable bonds is 28. The number of hydrogen-bond donors (Lipinski definition) is 7. The van der Waals surface area contributed by atoms with Gasteiger partial charge in [-0.05, 0) is 68.0 Å². The van der Waals surface area contributed by atoms with Crippen molar-refractivity contribution in [3.8, 4) is 5.75 Å². The Morgan fingerprint density at radius 2 is 1.52 bits per heavy atom. The molecule has 2 saturated heterocycles. The van der Waals surface area contributed by atoms with Crippen molar-refractivity contribution in [2.75, 3.05) is 39.0 Å². The third-order valence-electron chi connectivity index (χ3n) is 14.9. The lowest BCUT2D eigenvalue weighted by molar-refractivity contribution is -0.197. The van der Waals surface area contributed by atoms with E-state index in [4.69, 9.17) is 39.9 Å². The molecule has 0 aliphatic carbocycles. The van der Waals surface area contributed by atoms with E-state index in [9.17, 15) is 66.0 Å². The highest BCUT2D eigenvalue weighted by atomic mass is 35.5. The fraction of sp³-hybridized carbons (Fsp3) is 0.567. The van der Waals surface area contributed by atoms with Crippen LogP contribution in [0, 0.1) is 17.3 Å². The summed E-state index contributed by atoms with van der Waals surface area (Å²) in [7, 11) is -2.90. The third kappa shape index (κ3) is 22.8. The smallest absolute Gasteiger partial charge is 0.347 e. The Bertz CT molecular complexity index is 3110. The zero-order chi connectivity index (χ0) is 66.6. The minimum Gasteiger partial charge on any atom is -0.495 e. The van der Waals surface area contributed by atoms with E-state index in [1.165, 1.54) is 26.2 Å². The van der Waals surface area contributed by atoms with Gasteiger partial charge in [0.05, 0.1) is 35.8 Å². The molecule has 9 amide bonds. The number of cyclic esters (lactones) is 2. The summed E-state index contributed by atoms with van der Waals surface area (Å²) < 4.78 is 54.2. The molecule has 7 N–H and O–H groups in total. The van der Waals surface area contributed by atoms with Crippen LogP contribution in [0.15, 0.2) is 54.6 Å². The Labute approximate surface area is 527 Å². The summed E-state index contributed by atoms with van der Waals surface area (Å²) in [6.45, 7) is 10.2. The number of carbonyl (C=O) groups excluding carboxylic acids is 12. The summed E-state index contributed by atoms with van der Waals surface area (Å²) in [5.74, 6) is -9.91. The van der Waals surface area contributed by atoms with Gasteiger partial charge in [0, 0.05) is 83.6 Å². The van der Waals surface area contributed by atoms with Crippen LogP contribution in [0.2, 0.25) is 5.02 Å². The van der Waals surface area contributed by atoms with Gasteiger partial charge in [0.15, 0.2) is 6.10 Å². The van der Waals surface area contributed by atoms with Gasteiger partial charge >= 0.3 is 17.9 Å². The molecule has 3 aliphatic heterocycles. The Hall–Kier alpha value is -8.02. The minimum absolute atomic E-state index is 0.0457. The highest BCUT2D eigenvalue weighted by molar-refractivity contribution is 7.85. The summed E-state index contributed by atoms with van der Waals surface area (Å²) >= 11 is 6.37. The van der Waals surface area contributed by atoms with Crippen LogP contribution in [0.1, 0.15) is 129 Å². The van der Waals surface area contributed by atoms with E-state index < -0.39 is 179 Å². The van der Waals surface area contributed by atoms with Crippen LogP contribution in [0.4, 0.5) is 0 Å². The van der Waals surface area contributed by atoms with Crippen LogP contribution in [-0.4, -0.2) is 169 Å². The summed E-state index contributed by atoms with van der Waals surface area (Å²) in [6, 6.07) is 8.81. The van der Waals surface area contributed by atoms with Crippen LogP contribution in [0.5, 0.6) is 5.75 Å². The van der Waals surface area contributed by atoms with Crippen LogP contribution in [0.3, 0.4) is 0 Å². The lowest BCUT2D eigenvalue weighted by atomic mass is 9.93. The number of amides is 9. The number of nitrogens with zero attached hydrogens (tertiary/aromatic N) is 2. The van der Waals surface area contributed by atoms with Gasteiger partial charge in [-0.1, -0.05) is 82.1 Å². The van der Waals surface area contributed by atoms with E-state index in [1.54, 1.807) is 58.0 Å². The second-order valence-corrected chi connectivity index (χ2v) is 25.0. The fourth-order valence-electron chi connectivity index (χ4n) is 9.42. The number of imide groups is 1. The molecule has 90 heavy (non-hydrogen) atoms. The normalized spacial score (nSPS) is 21.1. The van der Waals surface area contributed by atoms with Crippen molar-refractivity contribution < 1.29 is 94.3 Å². The van der Waals surface area contributed by atoms with Gasteiger partial charge in [-0.3, -0.25) is 52.5 Å². The molecule has 8 atom stereocenters. The summed E-state index contributed by atoms with van der Waals surface area (Å²) in [5, 5.41) is 16.4. The molecule has 28 nitrogen and oxygen atoms in total. The molecule has 3 heterocycles. The first kappa shape index (κ1) is 72.7. The molecule has 0 unspecified atom stereocenters. The molecular weight excluding hydrogens is 1220 g/mol. The van der Waals surface area contributed by atoms with Gasteiger partial charge in [0.1, 0.15) is 36.1 Å². The first-order valence-corrected chi connectivity index (χ1v) is 31.5.